The van der Waals surface area contributed by atoms with Gasteiger partial charge in [0.15, 0.2) is 0 Å². The number of aromatic hydroxyl groups is 1. The van der Waals surface area contributed by atoms with E-state index in [1.165, 1.54) is 4.90 Å². The zero-order chi connectivity index (χ0) is 25.7. The molecule has 1 aliphatic heterocycles. The van der Waals surface area contributed by atoms with Crippen molar-refractivity contribution >= 4 is 22.6 Å². The van der Waals surface area contributed by atoms with E-state index < -0.39 is 0 Å². The van der Waals surface area contributed by atoms with Crippen molar-refractivity contribution in [1.82, 2.24) is 10.2 Å². The molecular formula is C30H32N2O4. The van der Waals surface area contributed by atoms with Gasteiger partial charge in [0.25, 0.3) is 11.8 Å². The first-order chi connectivity index (χ1) is 17.5. The van der Waals surface area contributed by atoms with E-state index in [-0.39, 0.29) is 36.1 Å². The highest BCUT2D eigenvalue weighted by molar-refractivity contribution is 6.26. The Labute approximate surface area is 212 Å². The van der Waals surface area contributed by atoms with E-state index in [0.29, 0.717) is 40.6 Å². The van der Waals surface area contributed by atoms with Gasteiger partial charge in [0.05, 0.1) is 0 Å². The molecule has 186 valence electrons. The van der Waals surface area contributed by atoms with E-state index in [0.717, 1.165) is 31.4 Å². The molecule has 6 nitrogen and oxygen atoms in total. The maximum Gasteiger partial charge on any atom is 0.261 e. The number of carbonyl (C=O) groups excluding carboxylic acids is 2. The zero-order valence-electron chi connectivity index (χ0n) is 20.6. The lowest BCUT2D eigenvalue weighted by Gasteiger charge is -2.29. The van der Waals surface area contributed by atoms with Crippen molar-refractivity contribution < 1.29 is 19.4 Å². The van der Waals surface area contributed by atoms with E-state index in [9.17, 15) is 14.7 Å². The predicted octanol–water partition coefficient (Wildman–Crippen LogP) is 5.09. The number of ether oxygens (including phenoxy) is 1. The number of phenolic OH excluding ortho intramolecular Hbond substituents is 1. The molecule has 0 fully saturated rings. The molecule has 36 heavy (non-hydrogen) atoms. The molecule has 2 N–H and O–H groups in total. The average Bonchev–Trinajstić information content (AvgIpc) is 2.90. The molecule has 2 atom stereocenters. The maximum atomic E-state index is 13.3. The first-order valence-electron chi connectivity index (χ1n) is 12.4. The van der Waals surface area contributed by atoms with Crippen molar-refractivity contribution in [3.8, 4) is 18.1 Å². The third-order valence-corrected chi connectivity index (χ3v) is 6.81. The Kier molecular flexibility index (Phi) is 7.92. The second-order valence-electron chi connectivity index (χ2n) is 9.15. The first kappa shape index (κ1) is 25.3. The number of hydrogen-bond donors (Lipinski definition) is 2. The summed E-state index contributed by atoms with van der Waals surface area (Å²) in [5.41, 5.74) is 1.54. The van der Waals surface area contributed by atoms with Crippen LogP contribution in [0.25, 0.3) is 10.8 Å². The summed E-state index contributed by atoms with van der Waals surface area (Å²) >= 11 is 0. The molecule has 4 rings (SSSR count). The predicted molar refractivity (Wildman–Crippen MR) is 141 cm³/mol. The van der Waals surface area contributed by atoms with Crippen molar-refractivity contribution in [2.24, 2.45) is 5.92 Å². The Bertz CT molecular complexity index is 1280. The van der Waals surface area contributed by atoms with Crippen molar-refractivity contribution in [2.75, 3.05) is 13.2 Å². The van der Waals surface area contributed by atoms with Crippen LogP contribution < -0.4 is 5.32 Å². The molecule has 1 aliphatic carbocycles. The number of benzene rings is 2. The molecule has 0 saturated carbocycles. The summed E-state index contributed by atoms with van der Waals surface area (Å²) in [4.78, 5) is 27.7. The summed E-state index contributed by atoms with van der Waals surface area (Å²) in [6.45, 7) is 6.91. The minimum atomic E-state index is -0.305. The molecule has 6 heteroatoms. The number of allylic oxidation sites excluding steroid dienone is 2. The number of imide groups is 1. The zero-order valence-corrected chi connectivity index (χ0v) is 20.6. The molecule has 0 bridgehead atoms. The van der Waals surface area contributed by atoms with Crippen LogP contribution in [0.15, 0.2) is 60.9 Å². The van der Waals surface area contributed by atoms with E-state index in [1.807, 2.05) is 25.2 Å². The van der Waals surface area contributed by atoms with Crippen LogP contribution in [0.2, 0.25) is 0 Å². The molecule has 2 unspecified atom stereocenters. The van der Waals surface area contributed by atoms with Gasteiger partial charge in [-0.15, -0.1) is 13.0 Å². The van der Waals surface area contributed by atoms with Gasteiger partial charge >= 0.3 is 0 Å². The molecule has 0 aromatic heterocycles. The third kappa shape index (κ3) is 4.93. The third-order valence-electron chi connectivity index (χ3n) is 6.81. The lowest BCUT2D eigenvalue weighted by Crippen LogP contribution is -2.41. The summed E-state index contributed by atoms with van der Waals surface area (Å²) in [6, 6.07) is 7.04. The van der Waals surface area contributed by atoms with E-state index in [2.05, 4.69) is 23.9 Å². The monoisotopic (exact) mass is 484 g/mol. The average molecular weight is 485 g/mol. The molecule has 1 heterocycles. The molecule has 0 radical (unpaired) electrons. The number of hydrogen-bond acceptors (Lipinski definition) is 5. The maximum absolute atomic E-state index is 13.3. The van der Waals surface area contributed by atoms with Gasteiger partial charge < -0.3 is 15.2 Å². The van der Waals surface area contributed by atoms with E-state index in [1.54, 1.807) is 24.3 Å². The number of nitrogens with one attached hydrogen (secondary N) is 1. The number of terminal acetylenes is 1. The topological polar surface area (TPSA) is 78.9 Å². The highest BCUT2D eigenvalue weighted by Gasteiger charge is 2.34. The van der Waals surface area contributed by atoms with Gasteiger partial charge in [0.2, 0.25) is 0 Å². The first-order valence-corrected chi connectivity index (χ1v) is 12.4. The molecule has 2 aromatic carbocycles. The number of rotatable bonds is 11. The summed E-state index contributed by atoms with van der Waals surface area (Å²) in [7, 11) is 0. The van der Waals surface area contributed by atoms with Gasteiger partial charge in [0, 0.05) is 46.6 Å². The second-order valence-corrected chi connectivity index (χ2v) is 9.15. The highest BCUT2D eigenvalue weighted by Crippen LogP contribution is 2.38. The van der Waals surface area contributed by atoms with Crippen LogP contribution >= 0.6 is 0 Å². The van der Waals surface area contributed by atoms with Gasteiger partial charge in [-0.1, -0.05) is 43.5 Å². The summed E-state index contributed by atoms with van der Waals surface area (Å²) in [6.07, 6.45) is 16.3. The SMILES string of the molecule is C#CCOC1=CCC(C(CC=C)NCc2cc3c4c(cccc4c2O)C(=O)N(CCCC)C3=O)C=C1. The Morgan fingerprint density at radius 1 is 1.33 bits per heavy atom. The van der Waals surface area contributed by atoms with Gasteiger partial charge in [-0.3, -0.25) is 14.5 Å². The number of phenols is 1. The van der Waals surface area contributed by atoms with Crippen molar-refractivity contribution in [2.45, 2.75) is 45.2 Å². The Balaban J connectivity index is 1.59. The summed E-state index contributed by atoms with van der Waals surface area (Å²) in [5.74, 6) is 2.93. The van der Waals surface area contributed by atoms with Crippen LogP contribution in [-0.2, 0) is 11.3 Å². The smallest absolute Gasteiger partial charge is 0.261 e. The molecule has 2 aliphatic rings. The van der Waals surface area contributed by atoms with E-state index >= 15 is 0 Å². The fourth-order valence-electron chi connectivity index (χ4n) is 4.89. The molecule has 2 aromatic rings. The fourth-order valence-corrected chi connectivity index (χ4v) is 4.89. The quantitative estimate of drug-likeness (QED) is 0.264. The molecule has 0 spiro atoms. The van der Waals surface area contributed by atoms with Gasteiger partial charge in [-0.25, -0.2) is 0 Å². The standard InChI is InChI=1S/C30H32N2O4/c1-4-7-16-32-29(34)24-11-8-10-23-27(24)25(30(32)35)18-21(28(23)33)19-31-26(9-5-2)20-12-14-22(15-13-20)36-17-6-3/h3,5,8,10-12,14-15,18,20,26,31,33H,2,4,7,9,13,16-17,19H2,1H3. The van der Waals surface area contributed by atoms with Crippen LogP contribution in [0.5, 0.6) is 5.75 Å². The highest BCUT2D eigenvalue weighted by atomic mass is 16.5. The largest absolute Gasteiger partial charge is 0.507 e. The normalized spacial score (nSPS) is 17.6. The van der Waals surface area contributed by atoms with Crippen LogP contribution in [0.4, 0.5) is 0 Å². The number of nitrogens with zero attached hydrogens (tertiary/aromatic N) is 1. The number of amides is 2. The van der Waals surface area contributed by atoms with Crippen LogP contribution in [-0.4, -0.2) is 41.0 Å². The summed E-state index contributed by atoms with van der Waals surface area (Å²) < 4.78 is 5.50. The Morgan fingerprint density at radius 2 is 2.14 bits per heavy atom. The van der Waals surface area contributed by atoms with Gasteiger partial charge in [-0.05, 0) is 49.5 Å². The van der Waals surface area contributed by atoms with Crippen molar-refractivity contribution in [1.29, 1.82) is 0 Å². The lowest BCUT2D eigenvalue weighted by atomic mass is 9.89. The number of unbranched alkanes of at least 4 members (excludes halogenated alkanes) is 1. The van der Waals surface area contributed by atoms with Crippen LogP contribution in [0.1, 0.15) is 58.9 Å². The minimum absolute atomic E-state index is 0.0697. The molecule has 2 amide bonds. The fraction of sp³-hybridized carbons (Fsp3) is 0.333. The van der Waals surface area contributed by atoms with Crippen LogP contribution in [0.3, 0.4) is 0 Å². The molecule has 0 saturated heterocycles. The van der Waals surface area contributed by atoms with Gasteiger partial charge in [-0.2, -0.15) is 0 Å². The molecular weight excluding hydrogens is 452 g/mol. The minimum Gasteiger partial charge on any atom is -0.507 e. The summed E-state index contributed by atoms with van der Waals surface area (Å²) in [5, 5.41) is 15.7. The van der Waals surface area contributed by atoms with Crippen molar-refractivity contribution in [3.63, 3.8) is 0 Å². The van der Waals surface area contributed by atoms with Gasteiger partial charge in [0.1, 0.15) is 18.1 Å². The Hall–Kier alpha value is -3.82. The lowest BCUT2D eigenvalue weighted by molar-refractivity contribution is 0.0608. The van der Waals surface area contributed by atoms with E-state index in [4.69, 9.17) is 11.2 Å². The van der Waals surface area contributed by atoms with Crippen LogP contribution in [0, 0.1) is 18.3 Å². The second kappa shape index (κ2) is 11.3. The number of carbonyl (C=O) groups is 2. The van der Waals surface area contributed by atoms with Crippen molar-refractivity contribution in [3.05, 3.63) is 77.6 Å². The Morgan fingerprint density at radius 3 is 2.83 bits per heavy atom.